The number of nitrogens with one attached hydrogen (secondary N) is 1. The molecule has 0 spiro atoms. The van der Waals surface area contributed by atoms with Gasteiger partial charge in [0.1, 0.15) is 36.5 Å². The number of rotatable bonds is 11. The normalized spacial score (nSPS) is 32.0. The zero-order valence-corrected chi connectivity index (χ0v) is 22.4. The number of benzene rings is 1. The van der Waals surface area contributed by atoms with Crippen molar-refractivity contribution in [1.82, 2.24) is 10.2 Å². The van der Waals surface area contributed by atoms with E-state index in [1.54, 1.807) is 30.3 Å². The first-order chi connectivity index (χ1) is 17.6. The number of hydrogen-bond acceptors (Lipinski definition) is 10. The second-order valence-electron chi connectivity index (χ2n) is 9.93. The maximum atomic E-state index is 13.1. The fourth-order valence-corrected chi connectivity index (χ4v) is 6.01. The molecule has 5 N–H and O–H groups in total. The summed E-state index contributed by atoms with van der Waals surface area (Å²) < 4.78 is 11.2. The van der Waals surface area contributed by atoms with Crippen LogP contribution in [0.3, 0.4) is 0 Å². The minimum Gasteiger partial charge on any atom is -0.461 e. The van der Waals surface area contributed by atoms with Crippen molar-refractivity contribution >= 4 is 23.6 Å². The summed E-state index contributed by atoms with van der Waals surface area (Å²) >= 11 is 1.11. The van der Waals surface area contributed by atoms with Crippen LogP contribution in [0.25, 0.3) is 0 Å². The summed E-state index contributed by atoms with van der Waals surface area (Å²) in [6, 6.07) is 7.17. The first-order valence-electron chi connectivity index (χ1n) is 12.9. The van der Waals surface area contributed by atoms with Gasteiger partial charge in [0.05, 0.1) is 23.8 Å². The van der Waals surface area contributed by atoms with Crippen LogP contribution in [-0.4, -0.2) is 111 Å². The molecule has 3 rings (SSSR count). The minimum absolute atomic E-state index is 0.0395. The number of ether oxygens (including phenoxy) is 2. The molecule has 11 heteroatoms. The van der Waals surface area contributed by atoms with Gasteiger partial charge in [0, 0.05) is 12.3 Å². The Bertz CT molecular complexity index is 875. The van der Waals surface area contributed by atoms with Crippen molar-refractivity contribution in [2.75, 3.05) is 26.0 Å². The number of carbonyl (C=O) groups is 2. The Morgan fingerprint density at radius 1 is 1.19 bits per heavy atom. The first-order valence-corrected chi connectivity index (χ1v) is 13.9. The quantitative estimate of drug-likeness (QED) is 0.197. The number of carbonyl (C=O) groups excluding carboxylic acids is 2. The smallest absolute Gasteiger partial charge is 0.338 e. The summed E-state index contributed by atoms with van der Waals surface area (Å²) in [5.74, 6) is -0.0798. The zero-order valence-electron chi connectivity index (χ0n) is 21.6. The average molecular weight is 541 g/mol. The van der Waals surface area contributed by atoms with Crippen LogP contribution in [0.15, 0.2) is 30.3 Å². The first kappa shape index (κ1) is 29.8. The molecule has 2 aliphatic rings. The fourth-order valence-electron chi connectivity index (χ4n) is 5.03. The van der Waals surface area contributed by atoms with E-state index < -0.39 is 48.0 Å². The number of hydrogen-bond donors (Lipinski definition) is 5. The molecular weight excluding hydrogens is 500 g/mol. The SMILES string of the molecule is CCC[C@@H]1C[C@@H](C(=O)N[C@@H]([C@H]2O[C@H](SCCOC(=O)c3ccccc3)[C@H](O)[C@@H](O)[C@H]2O)[C@@H](C)O)N(C)C1. The van der Waals surface area contributed by atoms with Crippen molar-refractivity contribution in [3.8, 4) is 0 Å². The van der Waals surface area contributed by atoms with Crippen LogP contribution in [0.5, 0.6) is 0 Å². The summed E-state index contributed by atoms with van der Waals surface area (Å²) in [5.41, 5.74) is -0.551. The number of esters is 1. The lowest BCUT2D eigenvalue weighted by atomic mass is 9.92. The van der Waals surface area contributed by atoms with E-state index in [-0.39, 0.29) is 24.3 Å². The molecular formula is C26H40N2O8S. The summed E-state index contributed by atoms with van der Waals surface area (Å²) in [6.07, 6.45) is -3.98. The van der Waals surface area contributed by atoms with E-state index in [0.717, 1.165) is 31.1 Å². The molecule has 208 valence electrons. The lowest BCUT2D eigenvalue weighted by molar-refractivity contribution is -0.211. The van der Waals surface area contributed by atoms with Crippen molar-refractivity contribution in [2.24, 2.45) is 5.92 Å². The fraction of sp³-hybridized carbons (Fsp3) is 0.692. The monoisotopic (exact) mass is 540 g/mol. The molecule has 0 saturated carbocycles. The molecule has 1 amide bonds. The number of amides is 1. The largest absolute Gasteiger partial charge is 0.461 e. The number of likely N-dealkylation sites (tertiary alicyclic amines) is 1. The molecule has 37 heavy (non-hydrogen) atoms. The molecule has 2 heterocycles. The maximum absolute atomic E-state index is 13.1. The number of aliphatic hydroxyl groups excluding tert-OH is 4. The lowest BCUT2D eigenvalue weighted by Crippen LogP contribution is -2.65. The Labute approximate surface area is 222 Å². The second-order valence-corrected chi connectivity index (χ2v) is 11.1. The third-order valence-electron chi connectivity index (χ3n) is 7.03. The molecule has 2 saturated heterocycles. The van der Waals surface area contributed by atoms with Crippen LogP contribution >= 0.6 is 11.8 Å². The molecule has 1 aromatic carbocycles. The number of likely N-dealkylation sites (N-methyl/N-ethyl adjacent to an activating group) is 1. The summed E-state index contributed by atoms with van der Waals surface area (Å²) in [5, 5.41) is 45.0. The van der Waals surface area contributed by atoms with Crippen LogP contribution in [-0.2, 0) is 14.3 Å². The van der Waals surface area contributed by atoms with E-state index in [9.17, 15) is 30.0 Å². The third-order valence-corrected chi connectivity index (χ3v) is 8.15. The standard InChI is InChI=1S/C26H40N2O8S/c1-4-8-16-13-18(28(3)14-16)24(33)27-19(15(2)29)23-21(31)20(30)22(32)26(36-23)37-12-11-35-25(34)17-9-6-5-7-10-17/h5-7,9-10,15-16,18-23,26,29-32H,4,8,11-14H2,1-3H3,(H,27,33)/t15-,16-,18+,19-,20+,21-,22-,23-,26-/m1/s1. The molecule has 0 radical (unpaired) electrons. The van der Waals surface area contributed by atoms with E-state index in [0.29, 0.717) is 17.9 Å². The predicted molar refractivity (Wildman–Crippen MR) is 139 cm³/mol. The Kier molecular flexibility index (Phi) is 11.2. The summed E-state index contributed by atoms with van der Waals surface area (Å²) in [4.78, 5) is 27.2. The van der Waals surface area contributed by atoms with Gasteiger partial charge >= 0.3 is 5.97 Å². The lowest BCUT2D eigenvalue weighted by Gasteiger charge is -2.44. The molecule has 2 fully saturated rings. The van der Waals surface area contributed by atoms with Gasteiger partial charge in [-0.1, -0.05) is 31.5 Å². The van der Waals surface area contributed by atoms with E-state index in [1.165, 1.54) is 6.92 Å². The van der Waals surface area contributed by atoms with Crippen LogP contribution in [0.2, 0.25) is 0 Å². The van der Waals surface area contributed by atoms with Gasteiger partial charge in [0.15, 0.2) is 0 Å². The number of aliphatic hydroxyl groups is 4. The van der Waals surface area contributed by atoms with Gasteiger partial charge in [-0.2, -0.15) is 0 Å². The van der Waals surface area contributed by atoms with E-state index in [2.05, 4.69) is 12.2 Å². The zero-order chi connectivity index (χ0) is 27.1. The van der Waals surface area contributed by atoms with E-state index in [4.69, 9.17) is 9.47 Å². The molecule has 10 nitrogen and oxygen atoms in total. The minimum atomic E-state index is -1.55. The van der Waals surface area contributed by atoms with Crippen LogP contribution in [0, 0.1) is 5.92 Å². The van der Waals surface area contributed by atoms with Gasteiger partial charge in [-0.3, -0.25) is 9.69 Å². The van der Waals surface area contributed by atoms with Crippen molar-refractivity contribution < 1.29 is 39.5 Å². The van der Waals surface area contributed by atoms with Crippen molar-refractivity contribution in [3.05, 3.63) is 35.9 Å². The second kappa shape index (κ2) is 13.9. The summed E-state index contributed by atoms with van der Waals surface area (Å²) in [7, 11) is 1.89. The Balaban J connectivity index is 1.59. The highest BCUT2D eigenvalue weighted by molar-refractivity contribution is 7.99. The predicted octanol–water partition coefficient (Wildman–Crippen LogP) is 0.370. The van der Waals surface area contributed by atoms with Crippen LogP contribution < -0.4 is 5.32 Å². The van der Waals surface area contributed by atoms with Crippen molar-refractivity contribution in [1.29, 1.82) is 0 Å². The highest BCUT2D eigenvalue weighted by Crippen LogP contribution is 2.31. The maximum Gasteiger partial charge on any atom is 0.338 e. The topological polar surface area (TPSA) is 149 Å². The highest BCUT2D eigenvalue weighted by Gasteiger charge is 2.48. The highest BCUT2D eigenvalue weighted by atomic mass is 32.2. The molecule has 0 aromatic heterocycles. The Morgan fingerprint density at radius 3 is 2.54 bits per heavy atom. The molecule has 0 aliphatic carbocycles. The van der Waals surface area contributed by atoms with Crippen molar-refractivity contribution in [2.45, 2.75) is 81.1 Å². The van der Waals surface area contributed by atoms with Gasteiger partial charge in [-0.25, -0.2) is 4.79 Å². The molecule has 2 aliphatic heterocycles. The molecule has 1 aromatic rings. The van der Waals surface area contributed by atoms with Crippen molar-refractivity contribution in [3.63, 3.8) is 0 Å². The molecule has 0 bridgehead atoms. The molecule has 9 atom stereocenters. The number of nitrogens with zero attached hydrogens (tertiary/aromatic N) is 1. The average Bonchev–Trinajstić information content (AvgIpc) is 3.25. The van der Waals surface area contributed by atoms with Gasteiger partial charge in [-0.15, -0.1) is 11.8 Å². The third kappa shape index (κ3) is 7.66. The van der Waals surface area contributed by atoms with Gasteiger partial charge < -0.3 is 35.2 Å². The van der Waals surface area contributed by atoms with Crippen LogP contribution in [0.1, 0.15) is 43.5 Å². The Morgan fingerprint density at radius 2 is 1.89 bits per heavy atom. The van der Waals surface area contributed by atoms with Gasteiger partial charge in [0.25, 0.3) is 0 Å². The van der Waals surface area contributed by atoms with Gasteiger partial charge in [-0.05, 0) is 44.9 Å². The molecule has 0 unspecified atom stereocenters. The van der Waals surface area contributed by atoms with E-state index >= 15 is 0 Å². The van der Waals surface area contributed by atoms with Gasteiger partial charge in [0.2, 0.25) is 5.91 Å². The van der Waals surface area contributed by atoms with E-state index in [1.807, 2.05) is 11.9 Å². The van der Waals surface area contributed by atoms with Crippen LogP contribution in [0.4, 0.5) is 0 Å². The summed E-state index contributed by atoms with van der Waals surface area (Å²) in [6.45, 7) is 4.44. The number of thioether (sulfide) groups is 1. The Hall–Kier alpha value is -1.73.